The van der Waals surface area contributed by atoms with Crippen LogP contribution in [0.1, 0.15) is 12.0 Å². The van der Waals surface area contributed by atoms with Gasteiger partial charge < -0.3 is 15.2 Å². The Bertz CT molecular complexity index is 657. The zero-order valence-electron chi connectivity index (χ0n) is 13.2. The molecule has 3 amide bonds. The average molecular weight is 350 g/mol. The molecule has 7 nitrogen and oxygen atoms in total. The predicted molar refractivity (Wildman–Crippen MR) is 90.3 cm³/mol. The first-order valence-corrected chi connectivity index (χ1v) is 8.13. The average Bonchev–Trinajstić information content (AvgIpc) is 2.81. The van der Waals surface area contributed by atoms with Gasteiger partial charge in [0.25, 0.3) is 11.1 Å². The van der Waals surface area contributed by atoms with Gasteiger partial charge in [-0.3, -0.25) is 19.3 Å². The van der Waals surface area contributed by atoms with Gasteiger partial charge in [-0.05, 0) is 42.0 Å². The van der Waals surface area contributed by atoms with Gasteiger partial charge >= 0.3 is 0 Å². The molecule has 128 valence electrons. The normalized spacial score (nSPS) is 16.0. The van der Waals surface area contributed by atoms with Crippen LogP contribution in [0.5, 0.6) is 5.75 Å². The zero-order valence-corrected chi connectivity index (χ0v) is 14.0. The molecule has 2 N–H and O–H groups in total. The van der Waals surface area contributed by atoms with Crippen LogP contribution in [0.25, 0.3) is 6.08 Å². The van der Waals surface area contributed by atoms with Crippen molar-refractivity contribution < 1.29 is 24.2 Å². The molecular formula is C16H18N2O5S. The summed E-state index contributed by atoms with van der Waals surface area (Å²) < 4.78 is 4.87. The molecule has 1 aromatic rings. The Morgan fingerprint density at radius 2 is 2.04 bits per heavy atom. The minimum atomic E-state index is -0.495. The van der Waals surface area contributed by atoms with Gasteiger partial charge in [0.05, 0.1) is 4.91 Å². The molecule has 1 aliphatic heterocycles. The molecule has 0 bridgehead atoms. The number of nitrogens with zero attached hydrogens (tertiary/aromatic N) is 1. The van der Waals surface area contributed by atoms with E-state index in [1.807, 2.05) is 0 Å². The fourth-order valence-electron chi connectivity index (χ4n) is 2.00. The van der Waals surface area contributed by atoms with Gasteiger partial charge in [-0.15, -0.1) is 0 Å². The molecule has 24 heavy (non-hydrogen) atoms. The van der Waals surface area contributed by atoms with Gasteiger partial charge in [-0.1, -0.05) is 12.1 Å². The summed E-state index contributed by atoms with van der Waals surface area (Å²) in [6.07, 6.45) is 2.21. The molecule has 0 aliphatic carbocycles. The number of imide groups is 1. The van der Waals surface area contributed by atoms with E-state index in [9.17, 15) is 19.5 Å². The highest BCUT2D eigenvalue weighted by Gasteiger charge is 2.36. The fourth-order valence-corrected chi connectivity index (χ4v) is 2.84. The number of benzene rings is 1. The SMILES string of the molecule is COCCCNC(=O)CN1C(=O)S/C(=C\c2ccc(O)cc2)C1=O. The number of phenols is 1. The van der Waals surface area contributed by atoms with Crippen molar-refractivity contribution in [3.05, 3.63) is 34.7 Å². The molecule has 8 heteroatoms. The highest BCUT2D eigenvalue weighted by molar-refractivity contribution is 8.18. The van der Waals surface area contributed by atoms with E-state index in [2.05, 4.69) is 5.32 Å². The van der Waals surface area contributed by atoms with Gasteiger partial charge in [-0.2, -0.15) is 0 Å². The number of amides is 3. The Morgan fingerprint density at radius 1 is 1.33 bits per heavy atom. The number of phenolic OH excluding ortho intramolecular Hbond substituents is 1. The maximum absolute atomic E-state index is 12.3. The molecule has 0 saturated carbocycles. The summed E-state index contributed by atoms with van der Waals surface area (Å²) in [6, 6.07) is 6.24. The van der Waals surface area contributed by atoms with Gasteiger partial charge in [0.2, 0.25) is 5.91 Å². The molecule has 0 unspecified atom stereocenters. The molecule has 1 aliphatic rings. The van der Waals surface area contributed by atoms with E-state index in [4.69, 9.17) is 4.74 Å². The zero-order chi connectivity index (χ0) is 17.5. The number of carbonyl (C=O) groups is 3. The molecule has 0 atom stereocenters. The predicted octanol–water partition coefficient (Wildman–Crippen LogP) is 1.58. The number of hydrogen-bond acceptors (Lipinski definition) is 6. The van der Waals surface area contributed by atoms with Crippen LogP contribution in [0.15, 0.2) is 29.2 Å². The minimum Gasteiger partial charge on any atom is -0.508 e. The first-order chi connectivity index (χ1) is 11.5. The van der Waals surface area contributed by atoms with E-state index in [1.165, 1.54) is 12.1 Å². The van der Waals surface area contributed by atoms with Crippen LogP contribution in [0.4, 0.5) is 4.79 Å². The number of aromatic hydroxyl groups is 1. The van der Waals surface area contributed by atoms with Crippen LogP contribution in [0.3, 0.4) is 0 Å². The summed E-state index contributed by atoms with van der Waals surface area (Å²) in [6.45, 7) is 0.647. The molecular weight excluding hydrogens is 332 g/mol. The van der Waals surface area contributed by atoms with E-state index >= 15 is 0 Å². The third kappa shape index (κ3) is 4.84. The van der Waals surface area contributed by atoms with Crippen molar-refractivity contribution >= 4 is 34.9 Å². The second-order valence-corrected chi connectivity index (χ2v) is 6.05. The summed E-state index contributed by atoms with van der Waals surface area (Å²) in [4.78, 5) is 37.2. The van der Waals surface area contributed by atoms with E-state index in [0.717, 1.165) is 16.7 Å². The molecule has 0 radical (unpaired) electrons. The standard InChI is InChI=1S/C16H18N2O5S/c1-23-8-2-7-17-14(20)10-18-15(21)13(24-16(18)22)9-11-3-5-12(19)6-4-11/h3-6,9,19H,2,7-8,10H2,1H3,(H,17,20)/b13-9-. The Hall–Kier alpha value is -2.32. The number of carbonyl (C=O) groups excluding carboxylic acids is 3. The van der Waals surface area contributed by atoms with Crippen molar-refractivity contribution in [1.29, 1.82) is 0 Å². The lowest BCUT2D eigenvalue weighted by Gasteiger charge is -2.12. The number of methoxy groups -OCH3 is 1. The van der Waals surface area contributed by atoms with Gasteiger partial charge in [0, 0.05) is 20.3 Å². The summed E-state index contributed by atoms with van der Waals surface area (Å²) >= 11 is 0.791. The number of hydrogen-bond donors (Lipinski definition) is 2. The third-order valence-corrected chi connectivity index (χ3v) is 4.12. The van der Waals surface area contributed by atoms with Crippen LogP contribution in [-0.2, 0) is 14.3 Å². The number of rotatable bonds is 7. The Labute approximate surface area is 143 Å². The van der Waals surface area contributed by atoms with Crippen molar-refractivity contribution in [2.75, 3.05) is 26.8 Å². The van der Waals surface area contributed by atoms with Crippen molar-refractivity contribution in [3.63, 3.8) is 0 Å². The quantitative estimate of drug-likeness (QED) is 0.573. The van der Waals surface area contributed by atoms with Gasteiger partial charge in [-0.25, -0.2) is 0 Å². The van der Waals surface area contributed by atoms with E-state index in [0.29, 0.717) is 25.1 Å². The maximum Gasteiger partial charge on any atom is 0.294 e. The third-order valence-electron chi connectivity index (χ3n) is 3.21. The van der Waals surface area contributed by atoms with Crippen LogP contribution >= 0.6 is 11.8 Å². The van der Waals surface area contributed by atoms with Gasteiger partial charge in [0.1, 0.15) is 12.3 Å². The molecule has 0 aromatic heterocycles. The molecule has 1 fully saturated rings. The smallest absolute Gasteiger partial charge is 0.294 e. The topological polar surface area (TPSA) is 95.9 Å². The number of nitrogens with one attached hydrogen (secondary N) is 1. The number of ether oxygens (including phenoxy) is 1. The number of thioether (sulfide) groups is 1. The molecule has 1 aromatic carbocycles. The lowest BCUT2D eigenvalue weighted by atomic mass is 10.2. The Morgan fingerprint density at radius 3 is 2.71 bits per heavy atom. The molecule has 1 heterocycles. The van der Waals surface area contributed by atoms with E-state index in [1.54, 1.807) is 25.3 Å². The van der Waals surface area contributed by atoms with Crippen molar-refractivity contribution in [3.8, 4) is 5.75 Å². The monoisotopic (exact) mass is 350 g/mol. The first kappa shape index (κ1) is 18.0. The first-order valence-electron chi connectivity index (χ1n) is 7.31. The van der Waals surface area contributed by atoms with Crippen LogP contribution in [0, 0.1) is 0 Å². The largest absolute Gasteiger partial charge is 0.508 e. The minimum absolute atomic E-state index is 0.116. The summed E-state index contributed by atoms with van der Waals surface area (Å²) in [5, 5.41) is 11.4. The Kier molecular flexibility index (Phi) is 6.39. The summed E-state index contributed by atoms with van der Waals surface area (Å²) in [5.41, 5.74) is 0.683. The second kappa shape index (κ2) is 8.51. The van der Waals surface area contributed by atoms with Crippen LogP contribution < -0.4 is 5.32 Å². The van der Waals surface area contributed by atoms with E-state index < -0.39 is 11.1 Å². The molecule has 2 rings (SSSR count). The second-order valence-electron chi connectivity index (χ2n) is 5.06. The Balaban J connectivity index is 1.96. The maximum atomic E-state index is 12.3. The van der Waals surface area contributed by atoms with Crippen molar-refractivity contribution in [1.82, 2.24) is 10.2 Å². The highest BCUT2D eigenvalue weighted by atomic mass is 32.2. The highest BCUT2D eigenvalue weighted by Crippen LogP contribution is 2.32. The van der Waals surface area contributed by atoms with Crippen molar-refractivity contribution in [2.45, 2.75) is 6.42 Å². The van der Waals surface area contributed by atoms with Crippen LogP contribution in [0.2, 0.25) is 0 Å². The van der Waals surface area contributed by atoms with Gasteiger partial charge in [0.15, 0.2) is 0 Å². The summed E-state index contributed by atoms with van der Waals surface area (Å²) in [7, 11) is 1.57. The van der Waals surface area contributed by atoms with Crippen LogP contribution in [-0.4, -0.2) is 53.9 Å². The summed E-state index contributed by atoms with van der Waals surface area (Å²) in [5.74, 6) is -0.769. The van der Waals surface area contributed by atoms with Crippen molar-refractivity contribution in [2.24, 2.45) is 0 Å². The van der Waals surface area contributed by atoms with E-state index in [-0.39, 0.29) is 23.1 Å². The fraction of sp³-hybridized carbons (Fsp3) is 0.312. The lowest BCUT2D eigenvalue weighted by molar-refractivity contribution is -0.129. The molecule has 0 spiro atoms. The molecule has 1 saturated heterocycles. The lowest BCUT2D eigenvalue weighted by Crippen LogP contribution is -2.39.